The first-order valence-electron chi connectivity index (χ1n) is 6.83. The molecule has 0 fully saturated rings. The van der Waals surface area contributed by atoms with Crippen LogP contribution in [0.3, 0.4) is 0 Å². The van der Waals surface area contributed by atoms with Gasteiger partial charge in [0.1, 0.15) is 0 Å². The van der Waals surface area contributed by atoms with Crippen molar-refractivity contribution < 1.29 is 9.53 Å². The molecule has 18 heavy (non-hydrogen) atoms. The lowest BCUT2D eigenvalue weighted by molar-refractivity contribution is -0.120. The summed E-state index contributed by atoms with van der Waals surface area (Å²) in [6.07, 6.45) is 3.13. The Kier molecular flexibility index (Phi) is 9.92. The highest BCUT2D eigenvalue weighted by molar-refractivity contribution is 5.77. The Balaban J connectivity index is 3.54. The SMILES string of the molecule is CCCCOC(C)(C)CCNCC(=O)NCCN. The van der Waals surface area contributed by atoms with Gasteiger partial charge in [-0.3, -0.25) is 4.79 Å². The molecule has 0 bridgehead atoms. The van der Waals surface area contributed by atoms with Crippen molar-refractivity contribution in [2.45, 2.75) is 45.6 Å². The summed E-state index contributed by atoms with van der Waals surface area (Å²) in [5.41, 5.74) is 5.17. The first-order chi connectivity index (χ1) is 8.52. The van der Waals surface area contributed by atoms with E-state index in [2.05, 4.69) is 31.4 Å². The standard InChI is InChI=1S/C13H29N3O2/c1-4-5-10-18-13(2,3)6-8-15-11-12(17)16-9-7-14/h15H,4-11,14H2,1-3H3,(H,16,17). The zero-order valence-corrected chi connectivity index (χ0v) is 12.1. The van der Waals surface area contributed by atoms with Crippen molar-refractivity contribution in [3.63, 3.8) is 0 Å². The normalized spacial score (nSPS) is 11.6. The Hall–Kier alpha value is -0.650. The van der Waals surface area contributed by atoms with E-state index >= 15 is 0 Å². The molecule has 0 heterocycles. The van der Waals surface area contributed by atoms with Gasteiger partial charge in [0.05, 0.1) is 12.1 Å². The van der Waals surface area contributed by atoms with Gasteiger partial charge in [-0.05, 0) is 33.2 Å². The highest BCUT2D eigenvalue weighted by atomic mass is 16.5. The fourth-order valence-electron chi connectivity index (χ4n) is 1.43. The van der Waals surface area contributed by atoms with Crippen LogP contribution in [0.1, 0.15) is 40.0 Å². The average molecular weight is 259 g/mol. The molecule has 108 valence electrons. The number of rotatable bonds is 11. The molecule has 0 saturated heterocycles. The molecule has 0 aromatic carbocycles. The van der Waals surface area contributed by atoms with E-state index in [1.54, 1.807) is 0 Å². The highest BCUT2D eigenvalue weighted by Crippen LogP contribution is 2.14. The van der Waals surface area contributed by atoms with Crippen molar-refractivity contribution in [3.8, 4) is 0 Å². The molecule has 0 aliphatic carbocycles. The third kappa shape index (κ3) is 10.5. The molecule has 0 aliphatic rings. The Morgan fingerprint density at radius 3 is 2.67 bits per heavy atom. The van der Waals surface area contributed by atoms with E-state index in [0.29, 0.717) is 19.6 Å². The van der Waals surface area contributed by atoms with Crippen LogP contribution in [0.4, 0.5) is 0 Å². The van der Waals surface area contributed by atoms with Crippen LogP contribution in [0.15, 0.2) is 0 Å². The van der Waals surface area contributed by atoms with Crippen LogP contribution >= 0.6 is 0 Å². The van der Waals surface area contributed by atoms with Crippen molar-refractivity contribution in [2.24, 2.45) is 5.73 Å². The summed E-state index contributed by atoms with van der Waals surface area (Å²) in [6.45, 7) is 9.24. The molecule has 0 unspecified atom stereocenters. The van der Waals surface area contributed by atoms with Crippen LogP contribution in [-0.2, 0) is 9.53 Å². The largest absolute Gasteiger partial charge is 0.376 e. The van der Waals surface area contributed by atoms with E-state index in [1.165, 1.54) is 0 Å². The Morgan fingerprint density at radius 1 is 1.33 bits per heavy atom. The molecule has 5 heteroatoms. The van der Waals surface area contributed by atoms with Crippen molar-refractivity contribution in [1.29, 1.82) is 0 Å². The van der Waals surface area contributed by atoms with E-state index in [0.717, 1.165) is 32.4 Å². The zero-order chi connectivity index (χ0) is 13.9. The van der Waals surface area contributed by atoms with Gasteiger partial charge in [0.25, 0.3) is 0 Å². The number of carbonyl (C=O) groups excluding carboxylic acids is 1. The third-order valence-electron chi connectivity index (χ3n) is 2.65. The van der Waals surface area contributed by atoms with Gasteiger partial charge in [0.15, 0.2) is 0 Å². The van der Waals surface area contributed by atoms with Gasteiger partial charge in [-0.1, -0.05) is 13.3 Å². The second-order valence-electron chi connectivity index (χ2n) is 5.03. The van der Waals surface area contributed by atoms with Gasteiger partial charge >= 0.3 is 0 Å². The number of unbranched alkanes of at least 4 members (excludes halogenated alkanes) is 1. The predicted molar refractivity (Wildman–Crippen MR) is 74.5 cm³/mol. The Labute approximate surface area is 111 Å². The fraction of sp³-hybridized carbons (Fsp3) is 0.923. The predicted octanol–water partition coefficient (Wildman–Crippen LogP) is 0.636. The van der Waals surface area contributed by atoms with Crippen LogP contribution < -0.4 is 16.4 Å². The highest BCUT2D eigenvalue weighted by Gasteiger charge is 2.17. The number of carbonyl (C=O) groups is 1. The van der Waals surface area contributed by atoms with Gasteiger partial charge in [-0.25, -0.2) is 0 Å². The Bertz CT molecular complexity index is 220. The smallest absolute Gasteiger partial charge is 0.234 e. The number of ether oxygens (including phenoxy) is 1. The number of amides is 1. The lowest BCUT2D eigenvalue weighted by Gasteiger charge is -2.25. The average Bonchev–Trinajstić information content (AvgIpc) is 2.32. The van der Waals surface area contributed by atoms with E-state index < -0.39 is 0 Å². The second kappa shape index (κ2) is 10.3. The van der Waals surface area contributed by atoms with Crippen LogP contribution in [0.2, 0.25) is 0 Å². The quantitative estimate of drug-likeness (QED) is 0.476. The molecule has 4 N–H and O–H groups in total. The molecule has 0 radical (unpaired) electrons. The minimum Gasteiger partial charge on any atom is -0.376 e. The van der Waals surface area contributed by atoms with E-state index in [9.17, 15) is 4.79 Å². The molecule has 0 saturated carbocycles. The van der Waals surface area contributed by atoms with Gasteiger partial charge in [0.2, 0.25) is 5.91 Å². The van der Waals surface area contributed by atoms with Crippen LogP contribution in [-0.4, -0.2) is 44.3 Å². The zero-order valence-electron chi connectivity index (χ0n) is 12.1. The summed E-state index contributed by atoms with van der Waals surface area (Å²) >= 11 is 0. The molecule has 0 spiro atoms. The third-order valence-corrected chi connectivity index (χ3v) is 2.65. The first-order valence-corrected chi connectivity index (χ1v) is 6.83. The number of nitrogens with two attached hydrogens (primary N) is 1. The molecule has 0 aromatic rings. The molecule has 0 aromatic heterocycles. The molecule has 0 atom stereocenters. The molecular formula is C13H29N3O2. The van der Waals surface area contributed by atoms with Crippen molar-refractivity contribution in [3.05, 3.63) is 0 Å². The maximum atomic E-state index is 11.3. The first kappa shape index (κ1) is 17.4. The summed E-state index contributed by atoms with van der Waals surface area (Å²) in [5, 5.41) is 5.82. The van der Waals surface area contributed by atoms with Crippen LogP contribution in [0.5, 0.6) is 0 Å². The summed E-state index contributed by atoms with van der Waals surface area (Å²) in [5.74, 6) is -0.00911. The lowest BCUT2D eigenvalue weighted by atomic mass is 10.1. The molecule has 5 nitrogen and oxygen atoms in total. The summed E-state index contributed by atoms with van der Waals surface area (Å²) in [7, 11) is 0. The second-order valence-corrected chi connectivity index (χ2v) is 5.03. The molecular weight excluding hydrogens is 230 g/mol. The molecule has 1 amide bonds. The monoisotopic (exact) mass is 259 g/mol. The summed E-state index contributed by atoms with van der Waals surface area (Å²) in [4.78, 5) is 11.3. The van der Waals surface area contributed by atoms with Crippen molar-refractivity contribution in [2.75, 3.05) is 32.8 Å². The minimum atomic E-state index is -0.129. The van der Waals surface area contributed by atoms with E-state index in [1.807, 2.05) is 0 Å². The van der Waals surface area contributed by atoms with Crippen LogP contribution in [0.25, 0.3) is 0 Å². The van der Waals surface area contributed by atoms with Crippen LogP contribution in [0, 0.1) is 0 Å². The fourth-order valence-corrected chi connectivity index (χ4v) is 1.43. The molecule has 0 rings (SSSR count). The lowest BCUT2D eigenvalue weighted by Crippen LogP contribution is -2.38. The number of hydrogen-bond acceptors (Lipinski definition) is 4. The van der Waals surface area contributed by atoms with Gasteiger partial charge < -0.3 is 21.1 Å². The van der Waals surface area contributed by atoms with Gasteiger partial charge in [-0.15, -0.1) is 0 Å². The van der Waals surface area contributed by atoms with E-state index in [-0.39, 0.29) is 11.5 Å². The summed E-state index contributed by atoms with van der Waals surface area (Å²) < 4.78 is 5.78. The maximum Gasteiger partial charge on any atom is 0.234 e. The minimum absolute atomic E-state index is 0.00911. The van der Waals surface area contributed by atoms with Crippen molar-refractivity contribution in [1.82, 2.24) is 10.6 Å². The topological polar surface area (TPSA) is 76.4 Å². The van der Waals surface area contributed by atoms with Gasteiger partial charge in [0, 0.05) is 19.7 Å². The number of hydrogen-bond donors (Lipinski definition) is 3. The van der Waals surface area contributed by atoms with Crippen molar-refractivity contribution >= 4 is 5.91 Å². The van der Waals surface area contributed by atoms with Gasteiger partial charge in [-0.2, -0.15) is 0 Å². The summed E-state index contributed by atoms with van der Waals surface area (Å²) in [6, 6.07) is 0. The number of nitrogens with one attached hydrogen (secondary N) is 2. The van der Waals surface area contributed by atoms with E-state index in [4.69, 9.17) is 10.5 Å². The molecule has 0 aliphatic heterocycles. The Morgan fingerprint density at radius 2 is 2.06 bits per heavy atom. The maximum absolute atomic E-state index is 11.3.